The number of carbonyl (C=O) groups is 2. The quantitative estimate of drug-likeness (QED) is 0.788. The normalized spacial score (nSPS) is 18.1. The van der Waals surface area contributed by atoms with Crippen LogP contribution in [0.2, 0.25) is 0 Å². The monoisotopic (exact) mass is 336 g/mol. The van der Waals surface area contributed by atoms with Gasteiger partial charge in [-0.15, -0.1) is 0 Å². The minimum atomic E-state index is 0.0272. The van der Waals surface area contributed by atoms with Gasteiger partial charge >= 0.3 is 0 Å². The number of amides is 1. The lowest BCUT2D eigenvalue weighted by molar-refractivity contribution is -0.136. The molecule has 0 N–H and O–H groups in total. The van der Waals surface area contributed by atoms with Gasteiger partial charge in [0.15, 0.2) is 5.78 Å². The van der Waals surface area contributed by atoms with Crippen LogP contribution in [0.3, 0.4) is 0 Å². The van der Waals surface area contributed by atoms with Gasteiger partial charge in [-0.3, -0.25) is 9.59 Å². The van der Waals surface area contributed by atoms with Crippen molar-refractivity contribution >= 4 is 11.7 Å². The first-order valence-corrected chi connectivity index (χ1v) is 8.76. The lowest BCUT2D eigenvalue weighted by Crippen LogP contribution is -2.49. The standard InChI is InChI=1S/C21H24N2O2/c1-22-14-15-23(19(16-22)17-8-4-2-5-9-17)21(25)13-12-20(24)18-10-6-3-7-11-18/h2-11,19H,12-16H2,1H3/t19-/m0/s1. The van der Waals surface area contributed by atoms with Crippen molar-refractivity contribution in [2.45, 2.75) is 18.9 Å². The highest BCUT2D eigenvalue weighted by molar-refractivity contribution is 5.97. The molecule has 0 radical (unpaired) electrons. The molecule has 0 bridgehead atoms. The number of rotatable bonds is 5. The number of nitrogens with zero attached hydrogens (tertiary/aromatic N) is 2. The summed E-state index contributed by atoms with van der Waals surface area (Å²) in [5.74, 6) is 0.0885. The first kappa shape index (κ1) is 17.4. The summed E-state index contributed by atoms with van der Waals surface area (Å²) >= 11 is 0. The number of piperazine rings is 1. The highest BCUT2D eigenvalue weighted by Gasteiger charge is 2.30. The van der Waals surface area contributed by atoms with Gasteiger partial charge in [-0.1, -0.05) is 60.7 Å². The maximum absolute atomic E-state index is 12.8. The Morgan fingerprint density at radius 2 is 1.56 bits per heavy atom. The number of hydrogen-bond donors (Lipinski definition) is 0. The van der Waals surface area contributed by atoms with E-state index in [1.165, 1.54) is 0 Å². The van der Waals surface area contributed by atoms with Crippen LogP contribution in [0.15, 0.2) is 60.7 Å². The third-order valence-electron chi connectivity index (χ3n) is 4.75. The molecule has 3 rings (SSSR count). The first-order chi connectivity index (χ1) is 12.1. The summed E-state index contributed by atoms with van der Waals surface area (Å²) in [5, 5.41) is 0. The molecule has 0 aliphatic carbocycles. The zero-order chi connectivity index (χ0) is 17.6. The second-order valence-electron chi connectivity index (χ2n) is 6.57. The van der Waals surface area contributed by atoms with E-state index in [0.29, 0.717) is 12.1 Å². The molecule has 1 atom stereocenters. The molecule has 0 spiro atoms. The minimum absolute atomic E-state index is 0.0272. The Morgan fingerprint density at radius 3 is 2.24 bits per heavy atom. The van der Waals surface area contributed by atoms with E-state index in [1.54, 1.807) is 12.1 Å². The average molecular weight is 336 g/mol. The van der Waals surface area contributed by atoms with Crippen molar-refractivity contribution in [2.24, 2.45) is 0 Å². The van der Waals surface area contributed by atoms with Crippen LogP contribution in [0, 0.1) is 0 Å². The van der Waals surface area contributed by atoms with Gasteiger partial charge in [0.25, 0.3) is 0 Å². The van der Waals surface area contributed by atoms with Gasteiger partial charge in [0.05, 0.1) is 6.04 Å². The molecule has 4 nitrogen and oxygen atoms in total. The second kappa shape index (κ2) is 8.08. The molecule has 0 aromatic heterocycles. The zero-order valence-electron chi connectivity index (χ0n) is 14.6. The van der Waals surface area contributed by atoms with E-state index < -0.39 is 0 Å². The van der Waals surface area contributed by atoms with Gasteiger partial charge in [-0.25, -0.2) is 0 Å². The van der Waals surface area contributed by atoms with Crippen molar-refractivity contribution in [1.82, 2.24) is 9.80 Å². The summed E-state index contributed by atoms with van der Waals surface area (Å²) in [6.07, 6.45) is 0.525. The van der Waals surface area contributed by atoms with E-state index in [-0.39, 0.29) is 30.6 Å². The average Bonchev–Trinajstić information content (AvgIpc) is 2.67. The highest BCUT2D eigenvalue weighted by Crippen LogP contribution is 2.25. The number of hydrogen-bond acceptors (Lipinski definition) is 3. The van der Waals surface area contributed by atoms with Crippen LogP contribution in [0.5, 0.6) is 0 Å². The number of benzene rings is 2. The third kappa shape index (κ3) is 4.34. The first-order valence-electron chi connectivity index (χ1n) is 8.76. The fourth-order valence-corrected chi connectivity index (χ4v) is 3.31. The van der Waals surface area contributed by atoms with E-state index in [2.05, 4.69) is 24.1 Å². The Kier molecular flexibility index (Phi) is 5.61. The zero-order valence-corrected chi connectivity index (χ0v) is 14.6. The van der Waals surface area contributed by atoms with Crippen LogP contribution in [0.25, 0.3) is 0 Å². The molecular weight excluding hydrogens is 312 g/mol. The van der Waals surface area contributed by atoms with Crippen LogP contribution in [0.1, 0.15) is 34.8 Å². The molecule has 130 valence electrons. The largest absolute Gasteiger partial charge is 0.333 e. The molecule has 1 aliphatic heterocycles. The molecule has 2 aromatic carbocycles. The number of likely N-dealkylation sites (N-methyl/N-ethyl adjacent to an activating group) is 1. The van der Waals surface area contributed by atoms with E-state index in [0.717, 1.165) is 18.7 Å². The Bertz CT molecular complexity index is 715. The van der Waals surface area contributed by atoms with Crippen LogP contribution in [0.4, 0.5) is 0 Å². The molecule has 1 saturated heterocycles. The fraction of sp³-hybridized carbons (Fsp3) is 0.333. The Labute approximate surface area is 149 Å². The topological polar surface area (TPSA) is 40.6 Å². The Balaban J connectivity index is 1.66. The van der Waals surface area contributed by atoms with E-state index in [4.69, 9.17) is 0 Å². The second-order valence-corrected chi connectivity index (χ2v) is 6.57. The van der Waals surface area contributed by atoms with Crippen molar-refractivity contribution in [3.63, 3.8) is 0 Å². The molecule has 25 heavy (non-hydrogen) atoms. The Morgan fingerprint density at radius 1 is 0.920 bits per heavy atom. The van der Waals surface area contributed by atoms with Crippen LogP contribution in [-0.4, -0.2) is 48.2 Å². The maximum atomic E-state index is 12.8. The van der Waals surface area contributed by atoms with Gasteiger partial charge in [-0.05, 0) is 12.6 Å². The molecule has 0 unspecified atom stereocenters. The van der Waals surface area contributed by atoms with E-state index in [1.807, 2.05) is 41.3 Å². The summed E-state index contributed by atoms with van der Waals surface area (Å²) in [6, 6.07) is 19.4. The number of Topliss-reactive ketones (excluding diaryl/α,β-unsaturated/α-hetero) is 1. The van der Waals surface area contributed by atoms with Gasteiger partial charge in [0.1, 0.15) is 0 Å². The summed E-state index contributed by atoms with van der Waals surface area (Å²) in [5.41, 5.74) is 1.82. The molecule has 4 heteroatoms. The molecular formula is C21H24N2O2. The van der Waals surface area contributed by atoms with Crippen molar-refractivity contribution in [3.8, 4) is 0 Å². The number of carbonyl (C=O) groups excluding carboxylic acids is 2. The SMILES string of the molecule is CN1CCN(C(=O)CCC(=O)c2ccccc2)[C@H](c2ccccc2)C1. The lowest BCUT2D eigenvalue weighted by Gasteiger charge is -2.40. The van der Waals surface area contributed by atoms with Crippen LogP contribution < -0.4 is 0 Å². The van der Waals surface area contributed by atoms with Gasteiger partial charge < -0.3 is 9.80 Å². The summed E-state index contributed by atoms with van der Waals surface area (Å²) in [7, 11) is 2.08. The number of ketones is 1. The molecule has 1 amide bonds. The van der Waals surface area contributed by atoms with Crippen LogP contribution >= 0.6 is 0 Å². The van der Waals surface area contributed by atoms with Gasteiger partial charge in [-0.2, -0.15) is 0 Å². The maximum Gasteiger partial charge on any atom is 0.223 e. The molecule has 0 saturated carbocycles. The fourth-order valence-electron chi connectivity index (χ4n) is 3.31. The summed E-state index contributed by atoms with van der Waals surface area (Å²) in [6.45, 7) is 2.39. The summed E-state index contributed by atoms with van der Waals surface area (Å²) in [4.78, 5) is 29.2. The molecule has 2 aromatic rings. The Hall–Kier alpha value is -2.46. The predicted octanol–water partition coefficient (Wildman–Crippen LogP) is 3.16. The van der Waals surface area contributed by atoms with E-state index >= 15 is 0 Å². The highest BCUT2D eigenvalue weighted by atomic mass is 16.2. The lowest BCUT2D eigenvalue weighted by atomic mass is 10.0. The van der Waals surface area contributed by atoms with Gasteiger partial charge in [0, 0.05) is 38.0 Å². The third-order valence-corrected chi connectivity index (χ3v) is 4.75. The minimum Gasteiger partial charge on any atom is -0.333 e. The predicted molar refractivity (Wildman–Crippen MR) is 98.4 cm³/mol. The van der Waals surface area contributed by atoms with Crippen molar-refractivity contribution in [1.29, 1.82) is 0 Å². The van der Waals surface area contributed by atoms with Crippen molar-refractivity contribution < 1.29 is 9.59 Å². The van der Waals surface area contributed by atoms with Crippen molar-refractivity contribution in [3.05, 3.63) is 71.8 Å². The molecule has 1 fully saturated rings. The molecule has 1 aliphatic rings. The van der Waals surface area contributed by atoms with Crippen molar-refractivity contribution in [2.75, 3.05) is 26.7 Å². The van der Waals surface area contributed by atoms with Crippen LogP contribution in [-0.2, 0) is 4.79 Å². The van der Waals surface area contributed by atoms with E-state index in [9.17, 15) is 9.59 Å². The molecule has 1 heterocycles. The smallest absolute Gasteiger partial charge is 0.223 e. The summed E-state index contributed by atoms with van der Waals surface area (Å²) < 4.78 is 0. The van der Waals surface area contributed by atoms with Gasteiger partial charge in [0.2, 0.25) is 5.91 Å².